The van der Waals surface area contributed by atoms with Gasteiger partial charge >= 0.3 is 5.97 Å². The summed E-state index contributed by atoms with van der Waals surface area (Å²) in [4.78, 5) is 23.5. The number of aryl methyl sites for hydroxylation is 1. The molecule has 0 radical (unpaired) electrons. The molecular formula is C16H21NO4S. The average Bonchev–Trinajstić information content (AvgIpc) is 2.47. The number of rotatable bonds is 8. The molecule has 0 bridgehead atoms. The highest BCUT2D eigenvalue weighted by molar-refractivity contribution is 7.83. The Bertz CT molecular complexity index is 566. The van der Waals surface area contributed by atoms with Gasteiger partial charge in [-0.2, -0.15) is 0 Å². The van der Waals surface area contributed by atoms with Gasteiger partial charge in [0.2, 0.25) is 0 Å². The number of allylic oxidation sites excluding steroid dienone is 1. The second-order valence-corrected chi connectivity index (χ2v) is 6.07. The molecule has 2 atom stereocenters. The summed E-state index contributed by atoms with van der Waals surface area (Å²) < 4.78 is 19.6. The summed E-state index contributed by atoms with van der Waals surface area (Å²) in [5, 5.41) is 0. The number of esters is 1. The quantitative estimate of drug-likeness (QED) is 0.452. The highest BCUT2D eigenvalue weighted by atomic mass is 32.2. The minimum atomic E-state index is -1.42. The molecule has 0 aliphatic carbocycles. The molecule has 1 aromatic carbocycles. The van der Waals surface area contributed by atoms with Gasteiger partial charge in [-0.05, 0) is 26.0 Å². The van der Waals surface area contributed by atoms with Crippen LogP contribution in [-0.4, -0.2) is 29.1 Å². The Kier molecular flexibility index (Phi) is 7.70. The molecule has 0 amide bonds. The zero-order valence-corrected chi connectivity index (χ0v) is 13.8. The van der Waals surface area contributed by atoms with E-state index in [4.69, 9.17) is 0 Å². The van der Waals surface area contributed by atoms with Crippen LogP contribution in [0.4, 0.5) is 0 Å². The zero-order valence-electron chi connectivity index (χ0n) is 13.0. The number of ketones is 1. The molecule has 6 heteroatoms. The van der Waals surface area contributed by atoms with Crippen LogP contribution in [0.25, 0.3) is 0 Å². The number of hydrogen-bond acceptors (Lipinski definition) is 4. The normalized spacial score (nSPS) is 13.8. The van der Waals surface area contributed by atoms with Gasteiger partial charge < -0.3 is 4.74 Å². The lowest BCUT2D eigenvalue weighted by atomic mass is 10.1. The van der Waals surface area contributed by atoms with E-state index in [0.717, 1.165) is 5.56 Å². The molecule has 22 heavy (non-hydrogen) atoms. The number of hydrogen-bond donors (Lipinski definition) is 1. The number of methoxy groups -OCH3 is 1. The van der Waals surface area contributed by atoms with E-state index in [1.165, 1.54) is 7.11 Å². The Balaban J connectivity index is 2.67. The molecule has 1 rings (SSSR count). The van der Waals surface area contributed by atoms with Crippen molar-refractivity contribution >= 4 is 22.7 Å². The number of benzene rings is 1. The predicted octanol–water partition coefficient (Wildman–Crippen LogP) is 2.07. The standard InChI is InChI=1S/C16H21NO4S/c1-4-5-13(10-14(18)11-16(19)21-3)17-22(20)15-8-6-12(2)7-9-15/h4-9,13,17H,10-11H2,1-3H3/t13-,22?/m0/s1. The SMILES string of the molecule is CC=C[C@@H](CC(=O)CC(=O)OC)NS(=O)c1ccc(C)cc1. The van der Waals surface area contributed by atoms with E-state index in [2.05, 4.69) is 9.46 Å². The third-order valence-corrected chi connectivity index (χ3v) is 4.15. The van der Waals surface area contributed by atoms with Gasteiger partial charge in [0.15, 0.2) is 0 Å². The van der Waals surface area contributed by atoms with Crippen molar-refractivity contribution in [2.45, 2.75) is 37.6 Å². The molecule has 1 unspecified atom stereocenters. The van der Waals surface area contributed by atoms with Gasteiger partial charge in [-0.3, -0.25) is 9.59 Å². The summed E-state index contributed by atoms with van der Waals surface area (Å²) in [6.45, 7) is 3.77. The molecule has 0 fully saturated rings. The molecule has 0 saturated heterocycles. The summed E-state index contributed by atoms with van der Waals surface area (Å²) in [7, 11) is -0.184. The fourth-order valence-corrected chi connectivity index (χ4v) is 2.76. The highest BCUT2D eigenvalue weighted by Crippen LogP contribution is 2.09. The molecular weight excluding hydrogens is 302 g/mol. The fraction of sp³-hybridized carbons (Fsp3) is 0.375. The van der Waals surface area contributed by atoms with Gasteiger partial charge in [0.05, 0.1) is 12.0 Å². The monoisotopic (exact) mass is 323 g/mol. The van der Waals surface area contributed by atoms with E-state index < -0.39 is 23.0 Å². The minimum Gasteiger partial charge on any atom is -0.469 e. The van der Waals surface area contributed by atoms with E-state index in [1.807, 2.05) is 26.0 Å². The van der Waals surface area contributed by atoms with Gasteiger partial charge in [0.25, 0.3) is 0 Å². The van der Waals surface area contributed by atoms with Crippen molar-refractivity contribution in [1.82, 2.24) is 4.72 Å². The molecule has 0 heterocycles. The van der Waals surface area contributed by atoms with E-state index in [1.54, 1.807) is 24.3 Å². The Morgan fingerprint density at radius 2 is 1.95 bits per heavy atom. The minimum absolute atomic E-state index is 0.0804. The van der Waals surface area contributed by atoms with E-state index in [0.29, 0.717) is 4.90 Å². The highest BCUT2D eigenvalue weighted by Gasteiger charge is 2.17. The topological polar surface area (TPSA) is 72.5 Å². The summed E-state index contributed by atoms with van der Waals surface area (Å²) in [6, 6.07) is 6.91. The first kappa shape index (κ1) is 18.3. The van der Waals surface area contributed by atoms with E-state index in [9.17, 15) is 13.8 Å². The van der Waals surface area contributed by atoms with Crippen LogP contribution in [0.2, 0.25) is 0 Å². The van der Waals surface area contributed by atoms with Crippen molar-refractivity contribution in [2.24, 2.45) is 0 Å². The van der Waals surface area contributed by atoms with Crippen LogP contribution in [0, 0.1) is 6.92 Å². The molecule has 120 valence electrons. The maximum atomic E-state index is 12.3. The van der Waals surface area contributed by atoms with Crippen LogP contribution in [0.5, 0.6) is 0 Å². The van der Waals surface area contributed by atoms with Crippen LogP contribution in [0.1, 0.15) is 25.3 Å². The first-order valence-electron chi connectivity index (χ1n) is 6.92. The van der Waals surface area contributed by atoms with Crippen LogP contribution < -0.4 is 4.72 Å². The lowest BCUT2D eigenvalue weighted by Gasteiger charge is -2.13. The predicted molar refractivity (Wildman–Crippen MR) is 85.6 cm³/mol. The molecule has 5 nitrogen and oxygen atoms in total. The summed E-state index contributed by atoms with van der Waals surface area (Å²) in [5.41, 5.74) is 1.08. The Hall–Kier alpha value is -1.79. The lowest BCUT2D eigenvalue weighted by Crippen LogP contribution is -2.32. The Labute approximate surface area is 133 Å². The molecule has 0 aliphatic heterocycles. The van der Waals surface area contributed by atoms with Gasteiger partial charge in [0, 0.05) is 12.5 Å². The summed E-state index contributed by atoms with van der Waals surface area (Å²) in [5.74, 6) is -0.827. The van der Waals surface area contributed by atoms with Crippen molar-refractivity contribution in [1.29, 1.82) is 0 Å². The van der Waals surface area contributed by atoms with Gasteiger partial charge in [-0.25, -0.2) is 8.93 Å². The van der Waals surface area contributed by atoms with Crippen LogP contribution in [-0.2, 0) is 25.3 Å². The molecule has 0 spiro atoms. The molecule has 0 saturated carbocycles. The van der Waals surface area contributed by atoms with Crippen molar-refractivity contribution in [3.05, 3.63) is 42.0 Å². The van der Waals surface area contributed by atoms with E-state index in [-0.39, 0.29) is 18.6 Å². The maximum absolute atomic E-state index is 12.3. The molecule has 0 aliphatic rings. The number of carbonyl (C=O) groups is 2. The van der Waals surface area contributed by atoms with Crippen molar-refractivity contribution in [2.75, 3.05) is 7.11 Å². The second kappa shape index (κ2) is 9.27. The second-order valence-electron chi connectivity index (χ2n) is 4.83. The Morgan fingerprint density at radius 3 is 2.50 bits per heavy atom. The fourth-order valence-electron chi connectivity index (χ4n) is 1.80. The largest absolute Gasteiger partial charge is 0.469 e. The van der Waals surface area contributed by atoms with Crippen molar-refractivity contribution in [3.63, 3.8) is 0 Å². The van der Waals surface area contributed by atoms with Crippen molar-refractivity contribution in [3.8, 4) is 0 Å². The van der Waals surface area contributed by atoms with Gasteiger partial charge in [-0.15, -0.1) is 0 Å². The van der Waals surface area contributed by atoms with Crippen molar-refractivity contribution < 1.29 is 18.5 Å². The number of ether oxygens (including phenoxy) is 1. The molecule has 1 aromatic rings. The number of nitrogens with one attached hydrogen (secondary N) is 1. The molecule has 1 N–H and O–H groups in total. The van der Waals surface area contributed by atoms with Crippen LogP contribution in [0.15, 0.2) is 41.3 Å². The average molecular weight is 323 g/mol. The lowest BCUT2D eigenvalue weighted by molar-refractivity contribution is -0.143. The third kappa shape index (κ3) is 6.32. The van der Waals surface area contributed by atoms with E-state index >= 15 is 0 Å². The smallest absolute Gasteiger partial charge is 0.313 e. The summed E-state index contributed by atoms with van der Waals surface area (Å²) >= 11 is 0. The number of carbonyl (C=O) groups excluding carboxylic acids is 2. The summed E-state index contributed by atoms with van der Waals surface area (Å²) in [6.07, 6.45) is 3.33. The first-order chi connectivity index (χ1) is 10.5. The Morgan fingerprint density at radius 1 is 1.32 bits per heavy atom. The van der Waals surface area contributed by atoms with Crippen LogP contribution >= 0.6 is 0 Å². The molecule has 0 aromatic heterocycles. The number of Topliss-reactive ketones (excluding diaryl/α,β-unsaturated/α-hetero) is 1. The van der Waals surface area contributed by atoms with Gasteiger partial charge in [-0.1, -0.05) is 29.8 Å². The zero-order chi connectivity index (χ0) is 16.5. The van der Waals surface area contributed by atoms with Gasteiger partial charge in [0.1, 0.15) is 23.2 Å². The maximum Gasteiger partial charge on any atom is 0.313 e. The first-order valence-corrected chi connectivity index (χ1v) is 8.07. The van der Waals surface area contributed by atoms with Crippen LogP contribution in [0.3, 0.4) is 0 Å². The third-order valence-electron chi connectivity index (χ3n) is 2.93.